The van der Waals surface area contributed by atoms with Gasteiger partial charge in [-0.2, -0.15) is 4.98 Å². The van der Waals surface area contributed by atoms with Crippen LogP contribution in [0.4, 0.5) is 0 Å². The van der Waals surface area contributed by atoms with Crippen molar-refractivity contribution in [3.63, 3.8) is 0 Å². The number of carbonyl (C=O) groups is 1. The van der Waals surface area contributed by atoms with E-state index in [1.165, 1.54) is 25.7 Å². The van der Waals surface area contributed by atoms with E-state index >= 15 is 0 Å². The molecule has 0 unspecified atom stereocenters. The fourth-order valence-electron chi connectivity index (χ4n) is 2.68. The third kappa shape index (κ3) is 2.71. The minimum absolute atomic E-state index is 0.253. The molecule has 0 amide bonds. The van der Waals surface area contributed by atoms with Crippen LogP contribution in [0.15, 0.2) is 28.8 Å². The molecule has 1 aromatic carbocycles. The molecular formula is C15H16N2O3. The van der Waals surface area contributed by atoms with Crippen LogP contribution in [0, 0.1) is 5.92 Å². The van der Waals surface area contributed by atoms with Crippen LogP contribution in [0.3, 0.4) is 0 Å². The molecule has 1 saturated carbocycles. The Morgan fingerprint density at radius 1 is 1.25 bits per heavy atom. The zero-order valence-corrected chi connectivity index (χ0v) is 11.1. The summed E-state index contributed by atoms with van der Waals surface area (Å²) >= 11 is 0. The van der Waals surface area contributed by atoms with Crippen LogP contribution in [0.5, 0.6) is 0 Å². The van der Waals surface area contributed by atoms with Crippen LogP contribution in [-0.2, 0) is 6.42 Å². The van der Waals surface area contributed by atoms with Gasteiger partial charge < -0.3 is 9.63 Å². The molecule has 0 spiro atoms. The topological polar surface area (TPSA) is 76.2 Å². The first-order valence-corrected chi connectivity index (χ1v) is 6.88. The zero-order valence-electron chi connectivity index (χ0n) is 11.1. The lowest BCUT2D eigenvalue weighted by molar-refractivity contribution is 0.0697. The number of benzene rings is 1. The van der Waals surface area contributed by atoms with Crippen molar-refractivity contribution in [1.29, 1.82) is 0 Å². The largest absolute Gasteiger partial charge is 0.478 e. The molecular weight excluding hydrogens is 256 g/mol. The average molecular weight is 272 g/mol. The number of hydrogen-bond acceptors (Lipinski definition) is 4. The predicted molar refractivity (Wildman–Crippen MR) is 72.4 cm³/mol. The Morgan fingerprint density at radius 2 is 1.95 bits per heavy atom. The monoisotopic (exact) mass is 272 g/mol. The molecule has 1 N–H and O–H groups in total. The fourth-order valence-corrected chi connectivity index (χ4v) is 2.68. The lowest BCUT2D eigenvalue weighted by atomic mass is 10.0. The molecule has 1 fully saturated rings. The maximum Gasteiger partial charge on any atom is 0.335 e. The molecule has 1 aliphatic rings. The second-order valence-electron chi connectivity index (χ2n) is 5.25. The molecule has 20 heavy (non-hydrogen) atoms. The summed E-state index contributed by atoms with van der Waals surface area (Å²) in [6, 6.07) is 6.50. The molecule has 0 bridgehead atoms. The van der Waals surface area contributed by atoms with Gasteiger partial charge in [0.1, 0.15) is 0 Å². The van der Waals surface area contributed by atoms with Gasteiger partial charge in [-0.05, 0) is 30.9 Å². The van der Waals surface area contributed by atoms with E-state index in [1.807, 2.05) is 0 Å². The maximum absolute atomic E-state index is 10.8. The normalized spacial score (nSPS) is 15.6. The second kappa shape index (κ2) is 5.45. The fraction of sp³-hybridized carbons (Fsp3) is 0.400. The summed E-state index contributed by atoms with van der Waals surface area (Å²) in [7, 11) is 0. The summed E-state index contributed by atoms with van der Waals surface area (Å²) in [5.74, 6) is 0.924. The first kappa shape index (κ1) is 12.8. The van der Waals surface area contributed by atoms with Crippen molar-refractivity contribution >= 4 is 5.97 Å². The van der Waals surface area contributed by atoms with Crippen molar-refractivity contribution in [2.45, 2.75) is 32.1 Å². The Kier molecular flexibility index (Phi) is 3.50. The standard InChI is InChI=1S/C15H16N2O3/c18-15(19)12-7-5-11(6-8-12)14-16-13(20-17-14)9-10-3-1-2-4-10/h5-8,10H,1-4,9H2,(H,18,19). The highest BCUT2D eigenvalue weighted by atomic mass is 16.5. The smallest absolute Gasteiger partial charge is 0.335 e. The van der Waals surface area contributed by atoms with E-state index in [2.05, 4.69) is 10.1 Å². The summed E-state index contributed by atoms with van der Waals surface area (Å²) in [6.07, 6.45) is 5.92. The Balaban J connectivity index is 1.73. The van der Waals surface area contributed by atoms with E-state index in [9.17, 15) is 4.79 Å². The van der Waals surface area contributed by atoms with Crippen molar-refractivity contribution in [1.82, 2.24) is 10.1 Å². The van der Waals surface area contributed by atoms with Gasteiger partial charge in [-0.1, -0.05) is 30.1 Å². The number of aromatic carboxylic acids is 1. The van der Waals surface area contributed by atoms with Crippen LogP contribution < -0.4 is 0 Å². The Morgan fingerprint density at radius 3 is 2.60 bits per heavy atom. The highest BCUT2D eigenvalue weighted by Crippen LogP contribution is 2.28. The van der Waals surface area contributed by atoms with Crippen LogP contribution in [-0.4, -0.2) is 21.2 Å². The molecule has 0 atom stereocenters. The van der Waals surface area contributed by atoms with Gasteiger partial charge in [0.15, 0.2) is 0 Å². The number of nitrogens with zero attached hydrogens (tertiary/aromatic N) is 2. The highest BCUT2D eigenvalue weighted by molar-refractivity contribution is 5.88. The Bertz CT molecular complexity index is 598. The molecule has 5 heteroatoms. The van der Waals surface area contributed by atoms with Crippen molar-refractivity contribution in [2.24, 2.45) is 5.92 Å². The molecule has 0 radical (unpaired) electrons. The van der Waals surface area contributed by atoms with E-state index in [0.29, 0.717) is 17.6 Å². The third-order valence-electron chi connectivity index (χ3n) is 3.80. The summed E-state index contributed by atoms with van der Waals surface area (Å²) < 4.78 is 5.28. The van der Waals surface area contributed by atoms with Crippen molar-refractivity contribution < 1.29 is 14.4 Å². The number of rotatable bonds is 4. The molecule has 1 aliphatic carbocycles. The molecule has 1 heterocycles. The zero-order chi connectivity index (χ0) is 13.9. The van der Waals surface area contributed by atoms with Gasteiger partial charge in [0.2, 0.25) is 11.7 Å². The summed E-state index contributed by atoms with van der Waals surface area (Å²) in [5.41, 5.74) is 1.03. The third-order valence-corrected chi connectivity index (χ3v) is 3.80. The van der Waals surface area contributed by atoms with Crippen LogP contribution in [0.2, 0.25) is 0 Å². The van der Waals surface area contributed by atoms with Crippen molar-refractivity contribution in [3.05, 3.63) is 35.7 Å². The van der Waals surface area contributed by atoms with Gasteiger partial charge in [-0.15, -0.1) is 0 Å². The van der Waals surface area contributed by atoms with Gasteiger partial charge in [0, 0.05) is 12.0 Å². The van der Waals surface area contributed by atoms with Crippen molar-refractivity contribution in [2.75, 3.05) is 0 Å². The minimum Gasteiger partial charge on any atom is -0.478 e. The lowest BCUT2D eigenvalue weighted by Gasteiger charge is -2.02. The summed E-state index contributed by atoms with van der Waals surface area (Å²) in [4.78, 5) is 15.2. The van der Waals surface area contributed by atoms with Gasteiger partial charge in [0.25, 0.3) is 0 Å². The van der Waals surface area contributed by atoms with Crippen LogP contribution >= 0.6 is 0 Å². The molecule has 1 aromatic heterocycles. The van der Waals surface area contributed by atoms with E-state index in [4.69, 9.17) is 9.63 Å². The van der Waals surface area contributed by atoms with Gasteiger partial charge in [-0.3, -0.25) is 0 Å². The highest BCUT2D eigenvalue weighted by Gasteiger charge is 2.19. The van der Waals surface area contributed by atoms with E-state index in [0.717, 1.165) is 12.0 Å². The number of hydrogen-bond donors (Lipinski definition) is 1. The average Bonchev–Trinajstić information content (AvgIpc) is 3.11. The van der Waals surface area contributed by atoms with E-state index in [1.54, 1.807) is 24.3 Å². The molecule has 0 aliphatic heterocycles. The summed E-state index contributed by atoms with van der Waals surface area (Å²) in [6.45, 7) is 0. The Labute approximate surface area is 116 Å². The van der Waals surface area contributed by atoms with E-state index < -0.39 is 5.97 Å². The van der Waals surface area contributed by atoms with Crippen LogP contribution in [0.25, 0.3) is 11.4 Å². The molecule has 3 rings (SSSR count). The first-order chi connectivity index (χ1) is 9.72. The number of carboxylic acids is 1. The van der Waals surface area contributed by atoms with Gasteiger partial charge in [-0.25, -0.2) is 4.79 Å². The SMILES string of the molecule is O=C(O)c1ccc(-c2noc(CC3CCCC3)n2)cc1. The number of carboxylic acid groups (broad SMARTS) is 1. The molecule has 2 aromatic rings. The molecule has 5 nitrogen and oxygen atoms in total. The van der Waals surface area contributed by atoms with Crippen LogP contribution in [0.1, 0.15) is 41.9 Å². The first-order valence-electron chi connectivity index (χ1n) is 6.88. The van der Waals surface area contributed by atoms with Crippen molar-refractivity contribution in [3.8, 4) is 11.4 Å². The lowest BCUT2D eigenvalue weighted by Crippen LogP contribution is -1.98. The Hall–Kier alpha value is -2.17. The van der Waals surface area contributed by atoms with Gasteiger partial charge >= 0.3 is 5.97 Å². The molecule has 0 saturated heterocycles. The second-order valence-corrected chi connectivity index (χ2v) is 5.25. The number of aromatic nitrogens is 2. The van der Waals surface area contributed by atoms with Gasteiger partial charge in [0.05, 0.1) is 5.56 Å². The molecule has 104 valence electrons. The quantitative estimate of drug-likeness (QED) is 0.925. The maximum atomic E-state index is 10.8. The van der Waals surface area contributed by atoms with E-state index in [-0.39, 0.29) is 5.56 Å². The predicted octanol–water partition coefficient (Wildman–Crippen LogP) is 3.17. The summed E-state index contributed by atoms with van der Waals surface area (Å²) in [5, 5.41) is 12.8. The minimum atomic E-state index is -0.938.